The quantitative estimate of drug-likeness (QED) is 0.326. The van der Waals surface area contributed by atoms with Crippen LogP contribution in [0.1, 0.15) is 19.8 Å². The second kappa shape index (κ2) is 17.6. The highest BCUT2D eigenvalue weighted by Crippen LogP contribution is 1.90. The highest BCUT2D eigenvalue weighted by molar-refractivity contribution is 5.64. The van der Waals surface area contributed by atoms with Crippen molar-refractivity contribution in [1.82, 2.24) is 0 Å². The molecule has 0 spiro atoms. The molecule has 0 fully saturated rings. The van der Waals surface area contributed by atoms with Crippen LogP contribution in [0.2, 0.25) is 0 Å². The lowest BCUT2D eigenvalue weighted by atomic mass is 10.4. The van der Waals surface area contributed by atoms with Crippen LogP contribution >= 0.6 is 0 Å². The number of carboxylic acid groups (broad SMARTS) is 1. The highest BCUT2D eigenvalue weighted by Gasteiger charge is 2.01. The first-order chi connectivity index (χ1) is 10.8. The average Bonchev–Trinajstić information content (AvgIpc) is 2.44. The van der Waals surface area contributed by atoms with Crippen LogP contribution in [0.4, 0.5) is 0 Å². The molecule has 0 aliphatic rings. The summed E-state index contributed by atoms with van der Waals surface area (Å²) in [7, 11) is 8.25. The van der Waals surface area contributed by atoms with Crippen molar-refractivity contribution in [2.24, 2.45) is 0 Å². The third kappa shape index (κ3) is 29.8. The van der Waals surface area contributed by atoms with Crippen molar-refractivity contribution in [3.05, 3.63) is 0 Å². The molecule has 23 heavy (non-hydrogen) atoms. The fourth-order valence-electron chi connectivity index (χ4n) is 1.51. The third-order valence-corrected chi connectivity index (χ3v) is 2.52. The molecule has 140 valence electrons. The Hall–Kier alpha value is -0.730. The van der Waals surface area contributed by atoms with Gasteiger partial charge in [-0.3, -0.25) is 0 Å². The molecule has 0 aromatic heterocycles. The maximum absolute atomic E-state index is 10.0. The molecule has 7 nitrogen and oxygen atoms in total. The van der Waals surface area contributed by atoms with Gasteiger partial charge in [-0.25, -0.2) is 0 Å². The zero-order valence-electron chi connectivity index (χ0n) is 15.5. The summed E-state index contributed by atoms with van der Waals surface area (Å²) < 4.78 is 21.2. The maximum Gasteiger partial charge on any atom is 0.0777 e. The number of carbonyl (C=O) groups is 1. The summed E-state index contributed by atoms with van der Waals surface area (Å²) in [6.45, 7) is 6.61. The molecule has 0 N–H and O–H groups in total. The molecule has 0 saturated heterocycles. The van der Waals surface area contributed by atoms with E-state index in [2.05, 4.69) is 28.1 Å². The van der Waals surface area contributed by atoms with E-state index in [4.69, 9.17) is 18.9 Å². The van der Waals surface area contributed by atoms with E-state index in [1.807, 2.05) is 0 Å². The van der Waals surface area contributed by atoms with Gasteiger partial charge in [0.2, 0.25) is 0 Å². The summed E-state index contributed by atoms with van der Waals surface area (Å²) in [4.78, 5) is 10.0. The monoisotopic (exact) mass is 337 g/mol. The number of hydrogen-bond acceptors (Lipinski definition) is 6. The van der Waals surface area contributed by atoms with E-state index < -0.39 is 5.97 Å². The fraction of sp³-hybridized carbons (Fsp3) is 0.938. The standard InChI is InChI=1S/C10H20O6.C6H16N/c1-13-4-5-15-8-9-16-7-6-14-3-2-10(11)12;1-5-6-7(2,3)4/h2-9H2,1H3,(H,11,12);5-6H2,1-4H3/q;+1/p-1. The lowest BCUT2D eigenvalue weighted by molar-refractivity contribution is -0.870. The molecule has 0 aliphatic heterocycles. The molecule has 0 radical (unpaired) electrons. The molecular formula is C16H35NO6. The Bertz CT molecular complexity index is 255. The van der Waals surface area contributed by atoms with E-state index in [0.717, 1.165) is 4.48 Å². The van der Waals surface area contributed by atoms with Crippen LogP contribution in [0.15, 0.2) is 0 Å². The zero-order valence-corrected chi connectivity index (χ0v) is 15.5. The largest absolute Gasteiger partial charge is 0.550 e. The first kappa shape index (κ1) is 24.5. The van der Waals surface area contributed by atoms with Gasteiger partial charge in [-0.05, 0) is 6.42 Å². The van der Waals surface area contributed by atoms with Gasteiger partial charge in [0.05, 0.1) is 73.9 Å². The molecular weight excluding hydrogens is 302 g/mol. The van der Waals surface area contributed by atoms with Crippen molar-refractivity contribution < 1.29 is 33.3 Å². The van der Waals surface area contributed by atoms with Gasteiger partial charge in [0, 0.05) is 19.5 Å². The van der Waals surface area contributed by atoms with Crippen molar-refractivity contribution in [2.45, 2.75) is 19.8 Å². The number of ether oxygens (including phenoxy) is 4. The van der Waals surface area contributed by atoms with Crippen molar-refractivity contribution in [3.8, 4) is 0 Å². The van der Waals surface area contributed by atoms with E-state index >= 15 is 0 Å². The van der Waals surface area contributed by atoms with Gasteiger partial charge in [-0.2, -0.15) is 0 Å². The van der Waals surface area contributed by atoms with Crippen LogP contribution in [0, 0.1) is 0 Å². The minimum atomic E-state index is -1.10. The van der Waals surface area contributed by atoms with Crippen LogP contribution in [0.3, 0.4) is 0 Å². The molecule has 0 aromatic rings. The van der Waals surface area contributed by atoms with Crippen LogP contribution in [-0.4, -0.2) is 91.5 Å². The Balaban J connectivity index is 0. The summed E-state index contributed by atoms with van der Waals surface area (Å²) in [5.74, 6) is -1.10. The van der Waals surface area contributed by atoms with E-state index in [0.29, 0.717) is 39.6 Å². The normalized spacial score (nSPS) is 11.0. The summed E-state index contributed by atoms with van der Waals surface area (Å²) in [5, 5.41) is 10.0. The maximum atomic E-state index is 10.0. The van der Waals surface area contributed by atoms with E-state index in [1.54, 1.807) is 7.11 Å². The summed E-state index contributed by atoms with van der Waals surface area (Å²) in [5.41, 5.74) is 0. The predicted octanol–water partition coefficient (Wildman–Crippen LogP) is -0.0748. The van der Waals surface area contributed by atoms with Crippen LogP contribution < -0.4 is 5.11 Å². The second-order valence-corrected chi connectivity index (χ2v) is 5.97. The van der Waals surface area contributed by atoms with Crippen molar-refractivity contribution in [1.29, 1.82) is 0 Å². The molecule has 0 heterocycles. The Morgan fingerprint density at radius 3 is 1.61 bits per heavy atom. The van der Waals surface area contributed by atoms with Gasteiger partial charge < -0.3 is 33.3 Å². The lowest BCUT2D eigenvalue weighted by Gasteiger charge is -2.22. The van der Waals surface area contributed by atoms with Gasteiger partial charge in [-0.15, -0.1) is 0 Å². The smallest absolute Gasteiger partial charge is 0.0777 e. The second-order valence-electron chi connectivity index (χ2n) is 5.97. The van der Waals surface area contributed by atoms with Gasteiger partial charge in [0.1, 0.15) is 0 Å². The average molecular weight is 337 g/mol. The molecule has 0 amide bonds. The van der Waals surface area contributed by atoms with E-state index in [1.165, 1.54) is 13.0 Å². The van der Waals surface area contributed by atoms with Gasteiger partial charge in [-0.1, -0.05) is 6.92 Å². The minimum absolute atomic E-state index is 0.0832. The Labute approximate surface area is 141 Å². The number of aliphatic carboxylic acids is 1. The number of carbonyl (C=O) groups excluding carboxylic acids is 1. The molecule has 0 aliphatic carbocycles. The first-order valence-electron chi connectivity index (χ1n) is 8.06. The summed E-state index contributed by atoms with van der Waals surface area (Å²) in [6.07, 6.45) is 1.20. The van der Waals surface area contributed by atoms with Gasteiger partial charge >= 0.3 is 0 Å². The van der Waals surface area contributed by atoms with Crippen LogP contribution in [0.5, 0.6) is 0 Å². The van der Waals surface area contributed by atoms with Crippen molar-refractivity contribution in [3.63, 3.8) is 0 Å². The number of carboxylic acids is 1. The molecule has 0 unspecified atom stereocenters. The number of methoxy groups -OCH3 is 1. The molecule has 0 atom stereocenters. The van der Waals surface area contributed by atoms with E-state index in [-0.39, 0.29) is 13.0 Å². The Morgan fingerprint density at radius 2 is 1.30 bits per heavy atom. The zero-order chi connectivity index (χ0) is 18.0. The van der Waals surface area contributed by atoms with Crippen molar-refractivity contribution in [2.75, 3.05) is 81.0 Å². The third-order valence-electron chi connectivity index (χ3n) is 2.52. The van der Waals surface area contributed by atoms with E-state index in [9.17, 15) is 9.90 Å². The van der Waals surface area contributed by atoms with Crippen LogP contribution in [-0.2, 0) is 23.7 Å². The number of hydrogen-bond donors (Lipinski definition) is 0. The Morgan fingerprint density at radius 1 is 0.870 bits per heavy atom. The molecule has 0 aromatic carbocycles. The minimum Gasteiger partial charge on any atom is -0.550 e. The predicted molar refractivity (Wildman–Crippen MR) is 87.1 cm³/mol. The molecule has 0 rings (SSSR count). The molecule has 0 saturated carbocycles. The highest BCUT2D eigenvalue weighted by atomic mass is 16.6. The molecule has 7 heteroatoms. The number of nitrogens with zero attached hydrogens (tertiary/aromatic N) is 1. The topological polar surface area (TPSA) is 77.0 Å². The lowest BCUT2D eigenvalue weighted by Crippen LogP contribution is -2.34. The summed E-state index contributed by atoms with van der Waals surface area (Å²) >= 11 is 0. The van der Waals surface area contributed by atoms with Crippen molar-refractivity contribution >= 4 is 5.97 Å². The molecule has 0 bridgehead atoms. The first-order valence-corrected chi connectivity index (χ1v) is 8.06. The summed E-state index contributed by atoms with van der Waals surface area (Å²) in [6, 6.07) is 0. The van der Waals surface area contributed by atoms with Gasteiger partial charge in [0.15, 0.2) is 0 Å². The van der Waals surface area contributed by atoms with Gasteiger partial charge in [0.25, 0.3) is 0 Å². The Kier molecular flexibility index (Phi) is 18.8. The van der Waals surface area contributed by atoms with Crippen LogP contribution in [0.25, 0.3) is 0 Å². The fourth-order valence-corrected chi connectivity index (χ4v) is 1.51. The SMILES string of the molecule is CCC[N+](C)(C)C.COCCOCCOCCOCCC(=O)[O-]. The number of quaternary nitrogens is 1. The number of rotatable bonds is 14.